The maximum absolute atomic E-state index is 9.26. The maximum Gasteiger partial charge on any atom is 0.231 e. The zero-order valence-electron chi connectivity index (χ0n) is 11.9. The number of nitrogens with zero attached hydrogens (tertiary/aromatic N) is 3. The van der Waals surface area contributed by atoms with Crippen LogP contribution in [0.5, 0.6) is 11.5 Å². The molecule has 1 N–H and O–H groups in total. The predicted molar refractivity (Wildman–Crippen MR) is 80.0 cm³/mol. The zero-order valence-corrected chi connectivity index (χ0v) is 11.9. The molecule has 3 heterocycles. The SMILES string of the molecule is OCCc1nn(Cc2cccnc2)c2cc3c(cc12)OCO3. The van der Waals surface area contributed by atoms with Crippen molar-refractivity contribution in [3.05, 3.63) is 47.9 Å². The van der Waals surface area contributed by atoms with E-state index in [0.29, 0.717) is 13.0 Å². The molecule has 0 fully saturated rings. The van der Waals surface area contributed by atoms with Crippen LogP contribution in [0.1, 0.15) is 11.3 Å². The number of rotatable bonds is 4. The maximum atomic E-state index is 9.26. The van der Waals surface area contributed by atoms with Gasteiger partial charge in [-0.3, -0.25) is 9.67 Å². The van der Waals surface area contributed by atoms with Crippen molar-refractivity contribution < 1.29 is 14.6 Å². The standard InChI is InChI=1S/C16H15N3O3/c20-5-3-13-12-6-15-16(22-10-21-15)7-14(12)19(18-13)9-11-2-1-4-17-8-11/h1-2,4,6-8,20H,3,5,9-10H2. The number of aromatic nitrogens is 3. The Morgan fingerprint density at radius 2 is 2.09 bits per heavy atom. The van der Waals surface area contributed by atoms with Crippen molar-refractivity contribution in [3.8, 4) is 11.5 Å². The highest BCUT2D eigenvalue weighted by Crippen LogP contribution is 2.37. The van der Waals surface area contributed by atoms with Gasteiger partial charge in [0.1, 0.15) is 0 Å². The fourth-order valence-electron chi connectivity index (χ4n) is 2.71. The van der Waals surface area contributed by atoms with Gasteiger partial charge in [0.05, 0.1) is 17.8 Å². The summed E-state index contributed by atoms with van der Waals surface area (Å²) in [6.07, 6.45) is 4.09. The Morgan fingerprint density at radius 3 is 2.86 bits per heavy atom. The minimum atomic E-state index is 0.0629. The van der Waals surface area contributed by atoms with E-state index in [0.717, 1.165) is 33.7 Å². The third-order valence-electron chi connectivity index (χ3n) is 3.73. The highest BCUT2D eigenvalue weighted by atomic mass is 16.7. The first-order valence-electron chi connectivity index (χ1n) is 7.14. The second-order valence-corrected chi connectivity index (χ2v) is 5.16. The summed E-state index contributed by atoms with van der Waals surface area (Å²) in [7, 11) is 0. The van der Waals surface area contributed by atoms with Gasteiger partial charge in [-0.2, -0.15) is 5.10 Å². The molecule has 3 aromatic rings. The molecule has 0 atom stereocenters. The highest BCUT2D eigenvalue weighted by molar-refractivity contribution is 5.86. The Labute approximate surface area is 126 Å². The van der Waals surface area contributed by atoms with E-state index >= 15 is 0 Å². The summed E-state index contributed by atoms with van der Waals surface area (Å²) in [5, 5.41) is 14.9. The van der Waals surface area contributed by atoms with Crippen LogP contribution in [0.15, 0.2) is 36.7 Å². The van der Waals surface area contributed by atoms with Gasteiger partial charge in [0.25, 0.3) is 0 Å². The largest absolute Gasteiger partial charge is 0.454 e. The van der Waals surface area contributed by atoms with Gasteiger partial charge >= 0.3 is 0 Å². The van der Waals surface area contributed by atoms with Crippen molar-refractivity contribution in [1.29, 1.82) is 0 Å². The minimum absolute atomic E-state index is 0.0629. The molecule has 6 heteroatoms. The van der Waals surface area contributed by atoms with E-state index in [-0.39, 0.29) is 13.4 Å². The van der Waals surface area contributed by atoms with Gasteiger partial charge in [0.15, 0.2) is 11.5 Å². The molecule has 0 radical (unpaired) electrons. The average molecular weight is 297 g/mol. The quantitative estimate of drug-likeness (QED) is 0.794. The van der Waals surface area contributed by atoms with Crippen molar-refractivity contribution in [2.24, 2.45) is 0 Å². The predicted octanol–water partition coefficient (Wildman–Crippen LogP) is 1.74. The molecule has 2 aromatic heterocycles. The summed E-state index contributed by atoms with van der Waals surface area (Å²) in [5.41, 5.74) is 2.90. The van der Waals surface area contributed by atoms with Crippen LogP contribution in [0.2, 0.25) is 0 Å². The summed E-state index contributed by atoms with van der Waals surface area (Å²) in [5.74, 6) is 1.46. The molecule has 0 unspecified atom stereocenters. The molecule has 1 aromatic carbocycles. The minimum Gasteiger partial charge on any atom is -0.454 e. The van der Waals surface area contributed by atoms with Gasteiger partial charge < -0.3 is 14.6 Å². The van der Waals surface area contributed by atoms with E-state index in [4.69, 9.17) is 9.47 Å². The zero-order chi connectivity index (χ0) is 14.9. The summed E-state index contributed by atoms with van der Waals surface area (Å²) < 4.78 is 12.8. The van der Waals surface area contributed by atoms with E-state index < -0.39 is 0 Å². The van der Waals surface area contributed by atoms with Crippen molar-refractivity contribution in [3.63, 3.8) is 0 Å². The lowest BCUT2D eigenvalue weighted by molar-refractivity contribution is 0.174. The third kappa shape index (κ3) is 2.17. The Morgan fingerprint density at radius 1 is 1.23 bits per heavy atom. The fourth-order valence-corrected chi connectivity index (χ4v) is 2.71. The average Bonchev–Trinajstić information content (AvgIpc) is 3.12. The smallest absolute Gasteiger partial charge is 0.231 e. The van der Waals surface area contributed by atoms with Crippen molar-refractivity contribution in [2.45, 2.75) is 13.0 Å². The van der Waals surface area contributed by atoms with Crippen LogP contribution < -0.4 is 9.47 Å². The van der Waals surface area contributed by atoms with Crippen LogP contribution in [-0.4, -0.2) is 33.3 Å². The van der Waals surface area contributed by atoms with E-state index in [1.54, 1.807) is 6.20 Å². The topological polar surface area (TPSA) is 69.4 Å². The number of ether oxygens (including phenoxy) is 2. The lowest BCUT2D eigenvalue weighted by atomic mass is 10.1. The summed E-state index contributed by atoms with van der Waals surface area (Å²) in [4.78, 5) is 4.14. The van der Waals surface area contributed by atoms with Gasteiger partial charge in [-0.05, 0) is 17.7 Å². The Balaban J connectivity index is 1.83. The molecule has 6 nitrogen and oxygen atoms in total. The van der Waals surface area contributed by atoms with E-state index in [1.165, 1.54) is 0 Å². The molecule has 112 valence electrons. The normalized spacial score (nSPS) is 13.0. The van der Waals surface area contributed by atoms with Crippen molar-refractivity contribution >= 4 is 10.9 Å². The van der Waals surface area contributed by atoms with E-state index in [2.05, 4.69) is 10.1 Å². The number of hydrogen-bond donors (Lipinski definition) is 1. The Kier molecular flexibility index (Phi) is 3.16. The monoisotopic (exact) mass is 297 g/mol. The van der Waals surface area contributed by atoms with Crippen molar-refractivity contribution in [1.82, 2.24) is 14.8 Å². The van der Waals surface area contributed by atoms with Crippen LogP contribution in [0.4, 0.5) is 0 Å². The molecule has 0 spiro atoms. The number of hydrogen-bond acceptors (Lipinski definition) is 5. The van der Waals surface area contributed by atoms with Gasteiger partial charge in [-0.1, -0.05) is 6.07 Å². The van der Waals surface area contributed by atoms with Crippen LogP contribution >= 0.6 is 0 Å². The Bertz CT molecular complexity index is 814. The van der Waals surface area contributed by atoms with Crippen LogP contribution in [0.25, 0.3) is 10.9 Å². The molecule has 1 aliphatic rings. The lowest BCUT2D eigenvalue weighted by Gasteiger charge is -2.04. The van der Waals surface area contributed by atoms with Crippen molar-refractivity contribution in [2.75, 3.05) is 13.4 Å². The molecule has 22 heavy (non-hydrogen) atoms. The molecule has 0 amide bonds. The van der Waals surface area contributed by atoms with Gasteiger partial charge in [-0.15, -0.1) is 0 Å². The highest BCUT2D eigenvalue weighted by Gasteiger charge is 2.19. The molecule has 0 aliphatic carbocycles. The van der Waals surface area contributed by atoms with Crippen LogP contribution in [0.3, 0.4) is 0 Å². The number of fused-ring (bicyclic) bond motifs is 2. The Hall–Kier alpha value is -2.60. The summed E-state index contributed by atoms with van der Waals surface area (Å²) in [6, 6.07) is 7.81. The summed E-state index contributed by atoms with van der Waals surface area (Å²) in [6.45, 7) is 0.927. The molecule has 4 rings (SSSR count). The first-order valence-corrected chi connectivity index (χ1v) is 7.14. The number of pyridine rings is 1. The molecule has 0 saturated carbocycles. The second-order valence-electron chi connectivity index (χ2n) is 5.16. The number of aliphatic hydroxyl groups is 1. The molecular formula is C16H15N3O3. The first kappa shape index (κ1) is 13.1. The second kappa shape index (κ2) is 5.31. The van der Waals surface area contributed by atoms with Gasteiger partial charge in [0.2, 0.25) is 6.79 Å². The molecular weight excluding hydrogens is 282 g/mol. The van der Waals surface area contributed by atoms with E-state index in [1.807, 2.05) is 35.1 Å². The first-order chi connectivity index (χ1) is 10.8. The van der Waals surface area contributed by atoms with Gasteiger partial charge in [0, 0.05) is 36.9 Å². The summed E-state index contributed by atoms with van der Waals surface area (Å²) >= 11 is 0. The third-order valence-corrected chi connectivity index (χ3v) is 3.73. The van der Waals surface area contributed by atoms with Crippen LogP contribution in [0, 0.1) is 0 Å². The molecule has 0 bridgehead atoms. The number of aliphatic hydroxyl groups excluding tert-OH is 1. The molecule has 0 saturated heterocycles. The van der Waals surface area contributed by atoms with Crippen LogP contribution in [-0.2, 0) is 13.0 Å². The lowest BCUT2D eigenvalue weighted by Crippen LogP contribution is -2.03. The molecule has 1 aliphatic heterocycles. The fraction of sp³-hybridized carbons (Fsp3) is 0.250. The van der Waals surface area contributed by atoms with E-state index in [9.17, 15) is 5.11 Å². The van der Waals surface area contributed by atoms with Gasteiger partial charge in [-0.25, -0.2) is 0 Å². The number of benzene rings is 1.